The molecule has 11 nitrogen and oxygen atoms in total. The molecule has 0 spiro atoms. The molecule has 0 amide bonds. The summed E-state index contributed by atoms with van der Waals surface area (Å²) in [7, 11) is -3.61. The van der Waals surface area contributed by atoms with Crippen molar-refractivity contribution in [3.63, 3.8) is 0 Å². The molecule has 0 bridgehead atoms. The van der Waals surface area contributed by atoms with Gasteiger partial charge in [-0.15, -0.1) is 0 Å². The van der Waals surface area contributed by atoms with Crippen LogP contribution < -0.4 is 11.3 Å². The summed E-state index contributed by atoms with van der Waals surface area (Å²) in [5.41, 5.74) is 6.59. The van der Waals surface area contributed by atoms with Crippen LogP contribution in [0.25, 0.3) is 11.2 Å². The summed E-state index contributed by atoms with van der Waals surface area (Å²) in [6, 6.07) is 7.48. The van der Waals surface area contributed by atoms with Crippen LogP contribution >= 0.6 is 23.5 Å². The van der Waals surface area contributed by atoms with E-state index in [1.165, 1.54) is 6.33 Å². The lowest BCUT2D eigenvalue weighted by molar-refractivity contribution is -0.126. The Morgan fingerprint density at radius 2 is 2.03 bits per heavy atom. The minimum Gasteiger partial charge on any atom is -0.379 e. The molecule has 37 heavy (non-hydrogen) atoms. The van der Waals surface area contributed by atoms with E-state index in [1.807, 2.05) is 24.3 Å². The number of imidazole rings is 1. The lowest BCUT2D eigenvalue weighted by Gasteiger charge is -2.22. The molecule has 4 rings (SSSR count). The summed E-state index contributed by atoms with van der Waals surface area (Å²) in [5.74, 6) is -0.0623. The van der Waals surface area contributed by atoms with E-state index in [0.29, 0.717) is 12.2 Å². The zero-order chi connectivity index (χ0) is 26.3. The number of nitrogens with one attached hydrogen (secondary N) is 1. The number of hydrogen-bond acceptors (Lipinski definition) is 9. The molecule has 3 aromatic rings. The summed E-state index contributed by atoms with van der Waals surface area (Å²) in [4.78, 5) is 35.2. The number of carbonyl (C=O) groups is 1. The Bertz CT molecular complexity index is 1320. The number of nitrogen functional groups attached to an aromatic ring is 1. The molecule has 1 unspecified atom stereocenters. The first-order valence-corrected chi connectivity index (χ1v) is 14.8. The standard InChI is InChI=1S/C24H31BrN5O6P/c25-19-8-4-5-17(13-19)14-35-37(33,36-15-20(31)18-6-2-1-3-7-18)12-11-34-10-9-30-16-27-21-22(30)28-24(26)29-23(21)32/h4-5,8,13,16,18H,1-3,6-7,9-12,14-15H2,(H3,26,28,29,32). The molecule has 1 aliphatic rings. The number of ketones is 1. The molecule has 2 heterocycles. The molecule has 1 aliphatic carbocycles. The minimum atomic E-state index is -3.61. The number of rotatable bonds is 13. The number of H-pyrrole nitrogens is 1. The Morgan fingerprint density at radius 1 is 1.22 bits per heavy atom. The first-order chi connectivity index (χ1) is 17.8. The van der Waals surface area contributed by atoms with Crippen molar-refractivity contribution in [1.82, 2.24) is 19.5 Å². The molecule has 2 aromatic heterocycles. The summed E-state index contributed by atoms with van der Waals surface area (Å²) < 4.78 is 33.2. The molecule has 13 heteroatoms. The van der Waals surface area contributed by atoms with E-state index >= 15 is 0 Å². The Morgan fingerprint density at radius 3 is 2.81 bits per heavy atom. The minimum absolute atomic E-state index is 0.00336. The van der Waals surface area contributed by atoms with Crippen LogP contribution in [0.5, 0.6) is 0 Å². The number of benzene rings is 1. The molecule has 1 fully saturated rings. The van der Waals surface area contributed by atoms with E-state index in [2.05, 4.69) is 30.9 Å². The van der Waals surface area contributed by atoms with E-state index in [4.69, 9.17) is 19.5 Å². The van der Waals surface area contributed by atoms with Gasteiger partial charge in [0.1, 0.15) is 6.61 Å². The van der Waals surface area contributed by atoms with Crippen LogP contribution in [0.3, 0.4) is 0 Å². The van der Waals surface area contributed by atoms with Crippen LogP contribution in [-0.4, -0.2) is 51.3 Å². The second-order valence-electron chi connectivity index (χ2n) is 8.99. The van der Waals surface area contributed by atoms with Crippen molar-refractivity contribution in [2.75, 3.05) is 31.7 Å². The highest BCUT2D eigenvalue weighted by molar-refractivity contribution is 9.10. The molecule has 1 saturated carbocycles. The van der Waals surface area contributed by atoms with Crippen LogP contribution in [-0.2, 0) is 36.3 Å². The van der Waals surface area contributed by atoms with Crippen LogP contribution in [0.1, 0.15) is 37.7 Å². The third kappa shape index (κ3) is 7.81. The van der Waals surface area contributed by atoms with Gasteiger partial charge in [0.05, 0.1) is 32.3 Å². The van der Waals surface area contributed by atoms with Crippen molar-refractivity contribution in [1.29, 1.82) is 0 Å². The van der Waals surface area contributed by atoms with Gasteiger partial charge in [0.2, 0.25) is 5.95 Å². The summed E-state index contributed by atoms with van der Waals surface area (Å²) in [6.07, 6.45) is 6.39. The zero-order valence-corrected chi connectivity index (χ0v) is 22.9. The fraction of sp³-hybridized carbons (Fsp3) is 0.500. The third-order valence-corrected chi connectivity index (χ3v) is 8.53. The molecule has 0 aliphatic heterocycles. The lowest BCUT2D eigenvalue weighted by atomic mass is 9.86. The Hall–Kier alpha value is -2.37. The molecule has 0 radical (unpaired) electrons. The van der Waals surface area contributed by atoms with E-state index in [-0.39, 0.29) is 55.8 Å². The average Bonchev–Trinajstić information content (AvgIpc) is 3.29. The highest BCUT2D eigenvalue weighted by Crippen LogP contribution is 2.49. The van der Waals surface area contributed by atoms with Crippen molar-refractivity contribution in [3.8, 4) is 0 Å². The first-order valence-electron chi connectivity index (χ1n) is 12.3. The van der Waals surface area contributed by atoms with Crippen molar-refractivity contribution < 1.29 is 23.1 Å². The van der Waals surface area contributed by atoms with Gasteiger partial charge in [0, 0.05) is 16.9 Å². The van der Waals surface area contributed by atoms with Gasteiger partial charge in [-0.3, -0.25) is 19.1 Å². The number of Topliss-reactive ketones (excluding diaryl/α,β-unsaturated/α-hetero) is 1. The number of carbonyl (C=O) groups excluding carboxylic acids is 1. The van der Waals surface area contributed by atoms with E-state index in [9.17, 15) is 14.2 Å². The smallest absolute Gasteiger partial charge is 0.333 e. The van der Waals surface area contributed by atoms with Crippen LogP contribution in [0.2, 0.25) is 0 Å². The van der Waals surface area contributed by atoms with Gasteiger partial charge in [-0.25, -0.2) is 4.98 Å². The molecule has 1 atom stereocenters. The Kier molecular flexibility index (Phi) is 9.66. The number of ether oxygens (including phenoxy) is 1. The van der Waals surface area contributed by atoms with Gasteiger partial charge >= 0.3 is 7.60 Å². The number of hydrogen-bond donors (Lipinski definition) is 2. The van der Waals surface area contributed by atoms with Gasteiger partial charge in [-0.1, -0.05) is 47.3 Å². The Balaban J connectivity index is 1.32. The van der Waals surface area contributed by atoms with Crippen LogP contribution in [0.15, 0.2) is 39.9 Å². The molecular weight excluding hydrogens is 565 g/mol. The lowest BCUT2D eigenvalue weighted by Crippen LogP contribution is -2.22. The number of aromatic amines is 1. The van der Waals surface area contributed by atoms with Gasteiger partial charge in [0.25, 0.3) is 5.56 Å². The number of aromatic nitrogens is 4. The SMILES string of the molecule is Nc1nc2c(ncn2CCOCCP(=O)(OCC(=O)C2CCCCC2)OCc2cccc(Br)c2)c(=O)[nH]1. The summed E-state index contributed by atoms with van der Waals surface area (Å²) in [5, 5.41) is 0. The quantitative estimate of drug-likeness (QED) is 0.220. The summed E-state index contributed by atoms with van der Waals surface area (Å²) >= 11 is 3.42. The van der Waals surface area contributed by atoms with Crippen LogP contribution in [0.4, 0.5) is 5.95 Å². The maximum absolute atomic E-state index is 13.5. The fourth-order valence-corrected chi connectivity index (χ4v) is 6.05. The maximum Gasteiger partial charge on any atom is 0.333 e. The topological polar surface area (TPSA) is 151 Å². The highest BCUT2D eigenvalue weighted by atomic mass is 79.9. The van der Waals surface area contributed by atoms with E-state index < -0.39 is 13.2 Å². The molecule has 0 saturated heterocycles. The normalized spacial score (nSPS) is 16.1. The van der Waals surface area contributed by atoms with Crippen molar-refractivity contribution in [3.05, 3.63) is 51.0 Å². The van der Waals surface area contributed by atoms with Crippen molar-refractivity contribution in [2.45, 2.75) is 45.3 Å². The summed E-state index contributed by atoms with van der Waals surface area (Å²) in [6.45, 7) is 0.541. The van der Waals surface area contributed by atoms with Gasteiger partial charge < -0.3 is 24.1 Å². The van der Waals surface area contributed by atoms with E-state index in [1.54, 1.807) is 4.57 Å². The third-order valence-electron chi connectivity index (χ3n) is 6.26. The fourth-order valence-electron chi connectivity index (χ4n) is 4.25. The zero-order valence-electron chi connectivity index (χ0n) is 20.4. The number of anilines is 1. The predicted molar refractivity (Wildman–Crippen MR) is 142 cm³/mol. The number of fused-ring (bicyclic) bond motifs is 1. The molecule has 200 valence electrons. The second-order valence-corrected chi connectivity index (χ2v) is 12.1. The molecular formula is C24H31BrN5O6P. The first kappa shape index (κ1) is 27.7. The average molecular weight is 596 g/mol. The number of nitrogens with zero attached hydrogens (tertiary/aromatic N) is 3. The highest BCUT2D eigenvalue weighted by Gasteiger charge is 2.29. The monoisotopic (exact) mass is 595 g/mol. The number of nitrogens with two attached hydrogens (primary N) is 1. The van der Waals surface area contributed by atoms with Gasteiger partial charge in [-0.2, -0.15) is 4.98 Å². The molecule has 1 aromatic carbocycles. The van der Waals surface area contributed by atoms with Crippen molar-refractivity contribution in [2.24, 2.45) is 5.92 Å². The second kappa shape index (κ2) is 12.9. The van der Waals surface area contributed by atoms with E-state index in [0.717, 1.165) is 42.1 Å². The predicted octanol–water partition coefficient (Wildman–Crippen LogP) is 4.06. The maximum atomic E-state index is 13.5. The van der Waals surface area contributed by atoms with Gasteiger partial charge in [-0.05, 0) is 30.5 Å². The largest absolute Gasteiger partial charge is 0.379 e. The van der Waals surface area contributed by atoms with Gasteiger partial charge in [0.15, 0.2) is 16.9 Å². The van der Waals surface area contributed by atoms with Crippen molar-refractivity contribution >= 4 is 46.4 Å². The Labute approximate surface area is 222 Å². The van der Waals surface area contributed by atoms with Crippen LogP contribution in [0, 0.1) is 5.92 Å². The molecule has 3 N–H and O–H groups in total. The number of halogens is 1.